The Balaban J connectivity index is 3.26. The minimum atomic E-state index is -2.35. The van der Waals surface area contributed by atoms with E-state index in [1.165, 1.54) is 6.92 Å². The fraction of sp³-hybridized carbons (Fsp3) is 1.00. The Labute approximate surface area is 36.5 Å². The Hall–Kier alpha value is 0.0200. The predicted molar refractivity (Wildman–Crippen MR) is 21.5 cm³/mol. The molecule has 0 rings (SSSR count). The molecule has 1 unspecified atom stereocenters. The second-order valence-corrected chi connectivity index (χ2v) is 2.29. The number of rotatable bonds is 1. The van der Waals surface area contributed by atoms with Crippen LogP contribution in [0.3, 0.4) is 0 Å². The number of hydrogen-bond acceptors (Lipinski definition) is 2. The molecule has 0 amide bonds. The van der Waals surface area contributed by atoms with Crippen LogP contribution in [-0.4, -0.2) is 15.8 Å². The summed E-state index contributed by atoms with van der Waals surface area (Å²) in [7, 11) is -2.35. The first-order valence-electron chi connectivity index (χ1n) is 1.48. The molecule has 36 valence electrons. The zero-order chi connectivity index (χ0) is 5.15. The summed E-state index contributed by atoms with van der Waals surface area (Å²) in [6.07, 6.45) is 0. The average Bonchev–Trinajstić information content (AvgIpc) is 1.36. The van der Waals surface area contributed by atoms with Gasteiger partial charge in [0.15, 0.2) is 0 Å². The van der Waals surface area contributed by atoms with Gasteiger partial charge < -0.3 is 5.11 Å². The van der Waals surface area contributed by atoms with E-state index in [-0.39, 0.29) is 0 Å². The van der Waals surface area contributed by atoms with Gasteiger partial charge in [-0.3, -0.25) is 0 Å². The molecule has 0 aliphatic heterocycles. The van der Waals surface area contributed by atoms with E-state index in [9.17, 15) is 4.57 Å². The predicted octanol–water partition coefficient (Wildman–Crippen LogP) is 0.0594. The minimum absolute atomic E-state index is 1.08. The maximum Gasteiger partial charge on any atom is 0.537 e. The zero-order valence-corrected chi connectivity index (χ0v) is 4.22. The van der Waals surface area contributed by atoms with Crippen molar-refractivity contribution in [2.45, 2.75) is 12.8 Å². The lowest BCUT2D eigenvalue weighted by atomic mass is 10.9. The van der Waals surface area contributed by atoms with Gasteiger partial charge in [-0.15, -0.1) is 0 Å². The average molecular weight is 109 g/mol. The molecular weight excluding hydrogens is 103 g/mol. The lowest BCUT2D eigenvalue weighted by Gasteiger charge is -1.74. The van der Waals surface area contributed by atoms with Crippen LogP contribution in [0.2, 0.25) is 0 Å². The quantitative estimate of drug-likeness (QED) is 0.468. The van der Waals surface area contributed by atoms with E-state index >= 15 is 0 Å². The molecule has 0 saturated carbocycles. The first-order valence-corrected chi connectivity index (χ1v) is 2.76. The van der Waals surface area contributed by atoms with Crippen LogP contribution in [0.5, 0.6) is 0 Å². The van der Waals surface area contributed by atoms with Gasteiger partial charge in [0.2, 0.25) is 0 Å². The third-order valence-electron chi connectivity index (χ3n) is 0.320. The van der Waals surface area contributed by atoms with E-state index in [1.54, 1.807) is 0 Å². The molecular formula is C2H6O3P+. The van der Waals surface area contributed by atoms with E-state index in [4.69, 9.17) is 10.00 Å². The Morgan fingerprint density at radius 1 is 1.83 bits per heavy atom. The molecule has 0 aliphatic rings. The van der Waals surface area contributed by atoms with Crippen LogP contribution in [0.4, 0.5) is 0 Å². The molecule has 6 heavy (non-hydrogen) atoms. The van der Waals surface area contributed by atoms with Crippen molar-refractivity contribution in [3.63, 3.8) is 0 Å². The maximum absolute atomic E-state index is 9.60. The van der Waals surface area contributed by atoms with Crippen molar-refractivity contribution >= 4 is 8.03 Å². The second kappa shape index (κ2) is 2.24. The van der Waals surface area contributed by atoms with Crippen LogP contribution in [0.15, 0.2) is 0 Å². The van der Waals surface area contributed by atoms with Crippen LogP contribution < -0.4 is 0 Å². The molecule has 0 aromatic heterocycles. The van der Waals surface area contributed by atoms with Gasteiger partial charge in [0.05, 0.1) is 0 Å². The fourth-order valence-corrected chi connectivity index (χ4v) is 0. The molecule has 0 spiro atoms. The van der Waals surface area contributed by atoms with Crippen LogP contribution in [0.25, 0.3) is 0 Å². The summed E-state index contributed by atoms with van der Waals surface area (Å²) in [5.41, 5.74) is 0. The smallest absolute Gasteiger partial charge is 0.349 e. The number of hydrogen-bond donors (Lipinski definition) is 2. The molecule has 0 radical (unpaired) electrons. The van der Waals surface area contributed by atoms with Gasteiger partial charge >= 0.3 is 8.03 Å². The molecule has 0 bridgehead atoms. The van der Waals surface area contributed by atoms with Gasteiger partial charge in [0.25, 0.3) is 5.85 Å². The monoisotopic (exact) mass is 109 g/mol. The normalized spacial score (nSPS) is 16.8. The molecule has 3 nitrogen and oxygen atoms in total. The second-order valence-electron chi connectivity index (χ2n) is 0.934. The fourth-order valence-electron chi connectivity index (χ4n) is 0. The van der Waals surface area contributed by atoms with Gasteiger partial charge in [0, 0.05) is 6.92 Å². The Kier molecular flexibility index (Phi) is 2.25. The highest BCUT2D eigenvalue weighted by atomic mass is 31.1. The van der Waals surface area contributed by atoms with Gasteiger partial charge in [-0.1, -0.05) is 0 Å². The summed E-state index contributed by atoms with van der Waals surface area (Å²) < 4.78 is 9.60. The molecule has 2 N–H and O–H groups in total. The van der Waals surface area contributed by atoms with Crippen LogP contribution >= 0.6 is 8.03 Å². The molecule has 0 aliphatic carbocycles. The van der Waals surface area contributed by atoms with Gasteiger partial charge in [-0.25, -0.2) is 0 Å². The number of aliphatic hydroxyl groups is 1. The summed E-state index contributed by atoms with van der Waals surface area (Å²) in [5, 5.41) is 8.10. The summed E-state index contributed by atoms with van der Waals surface area (Å²) in [5.74, 6) is -1.08. The first-order chi connectivity index (χ1) is 2.64. The largest absolute Gasteiger partial charge is 0.537 e. The van der Waals surface area contributed by atoms with Crippen molar-refractivity contribution in [3.8, 4) is 0 Å². The zero-order valence-electron chi connectivity index (χ0n) is 3.33. The Bertz CT molecular complexity index is 59.8. The highest BCUT2D eigenvalue weighted by Gasteiger charge is 2.17. The Morgan fingerprint density at radius 3 is 2.00 bits per heavy atom. The van der Waals surface area contributed by atoms with E-state index in [2.05, 4.69) is 0 Å². The van der Waals surface area contributed by atoms with Gasteiger partial charge in [-0.2, -0.15) is 4.89 Å². The van der Waals surface area contributed by atoms with Crippen molar-refractivity contribution in [3.05, 3.63) is 0 Å². The summed E-state index contributed by atoms with van der Waals surface area (Å²) >= 11 is 0. The molecule has 0 saturated heterocycles. The summed E-state index contributed by atoms with van der Waals surface area (Å²) in [6.45, 7) is 1.26. The topological polar surface area (TPSA) is 57.5 Å². The molecule has 0 aromatic rings. The van der Waals surface area contributed by atoms with Crippen molar-refractivity contribution < 1.29 is 14.6 Å². The summed E-state index contributed by atoms with van der Waals surface area (Å²) in [6, 6.07) is 0. The lowest BCUT2D eigenvalue weighted by Crippen LogP contribution is -1.88. The van der Waals surface area contributed by atoms with Crippen LogP contribution in [0.1, 0.15) is 6.92 Å². The highest BCUT2D eigenvalue weighted by Crippen LogP contribution is 2.17. The molecule has 4 heteroatoms. The van der Waals surface area contributed by atoms with Crippen molar-refractivity contribution in [1.29, 1.82) is 0 Å². The highest BCUT2D eigenvalue weighted by molar-refractivity contribution is 7.38. The van der Waals surface area contributed by atoms with Crippen molar-refractivity contribution in [2.24, 2.45) is 0 Å². The SMILES string of the molecule is C[C@H](O)[P+](=O)O. The summed E-state index contributed by atoms with van der Waals surface area (Å²) in [4.78, 5) is 7.89. The third-order valence-corrected chi connectivity index (χ3v) is 0.959. The minimum Gasteiger partial charge on any atom is -0.349 e. The van der Waals surface area contributed by atoms with Crippen molar-refractivity contribution in [1.82, 2.24) is 0 Å². The van der Waals surface area contributed by atoms with E-state index in [1.807, 2.05) is 0 Å². The van der Waals surface area contributed by atoms with E-state index in [0.717, 1.165) is 0 Å². The van der Waals surface area contributed by atoms with Gasteiger partial charge in [0.1, 0.15) is 0 Å². The van der Waals surface area contributed by atoms with Gasteiger partial charge in [-0.05, 0) is 4.57 Å². The Morgan fingerprint density at radius 2 is 2.00 bits per heavy atom. The van der Waals surface area contributed by atoms with Crippen LogP contribution in [0, 0.1) is 0 Å². The van der Waals surface area contributed by atoms with E-state index < -0.39 is 13.9 Å². The molecule has 0 heterocycles. The lowest BCUT2D eigenvalue weighted by molar-refractivity contribution is 0.257. The van der Waals surface area contributed by atoms with Crippen LogP contribution in [-0.2, 0) is 4.57 Å². The van der Waals surface area contributed by atoms with Crippen molar-refractivity contribution in [2.75, 3.05) is 0 Å². The number of aliphatic hydroxyl groups excluding tert-OH is 1. The third kappa shape index (κ3) is 2.27. The standard InChI is InChI=1S/C2H5O3P/c1-2(3)6(4)5/h2-3H,1H3/p+1/t2-/m1/s1. The first kappa shape index (κ1) is 6.02. The van der Waals surface area contributed by atoms with E-state index in [0.29, 0.717) is 0 Å². The molecule has 0 fully saturated rings. The molecule has 2 atom stereocenters. The molecule has 0 aromatic carbocycles. The maximum atomic E-state index is 9.60.